The van der Waals surface area contributed by atoms with Crippen molar-refractivity contribution in [3.05, 3.63) is 0 Å². The molecule has 0 rings (SSSR count). The van der Waals surface area contributed by atoms with Gasteiger partial charge in [-0.1, -0.05) is 207 Å². The van der Waals surface area contributed by atoms with Crippen molar-refractivity contribution in [2.45, 2.75) is 239 Å². The molecule has 0 heterocycles. The lowest BCUT2D eigenvalue weighted by atomic mass is 10.1. The average Bonchev–Trinajstić information content (AvgIpc) is 3.09. The Labute approximate surface area is 300 Å². The minimum absolute atomic E-state index is 0.199. The summed E-state index contributed by atoms with van der Waals surface area (Å²) in [6.07, 6.45) is 41.4. The topological polar surface area (TPSA) is 64.6 Å². The highest BCUT2D eigenvalue weighted by molar-refractivity contribution is 6.36. The first-order chi connectivity index (χ1) is 23.7. The summed E-state index contributed by atoms with van der Waals surface area (Å²) in [6.45, 7) is 9.04. The molecule has 0 aromatic rings. The molecule has 1 atom stereocenters. The predicted molar refractivity (Wildman–Crippen MR) is 208 cm³/mol. The van der Waals surface area contributed by atoms with E-state index < -0.39 is 5.91 Å². The SMILES string of the molecule is CCCCCCCCCCCCCCOC[C@@H](CNC(=O)C(=O)CCCCCCCCCC)OCCCCCCCCCCCCCC. The fourth-order valence-corrected chi connectivity index (χ4v) is 6.46. The highest BCUT2D eigenvalue weighted by Crippen LogP contribution is 2.14. The van der Waals surface area contributed by atoms with Crippen LogP contribution in [0.1, 0.15) is 233 Å². The molecular formula is C43H85NO4. The summed E-state index contributed by atoms with van der Waals surface area (Å²) in [4.78, 5) is 24.9. The van der Waals surface area contributed by atoms with Crippen molar-refractivity contribution in [2.24, 2.45) is 0 Å². The van der Waals surface area contributed by atoms with Gasteiger partial charge in [-0.3, -0.25) is 9.59 Å². The summed E-state index contributed by atoms with van der Waals surface area (Å²) in [5, 5.41) is 2.86. The number of unbranched alkanes of at least 4 members (excludes halogenated alkanes) is 29. The van der Waals surface area contributed by atoms with E-state index in [-0.39, 0.29) is 11.9 Å². The number of rotatable bonds is 41. The van der Waals surface area contributed by atoms with Gasteiger partial charge in [0.25, 0.3) is 5.91 Å². The van der Waals surface area contributed by atoms with Crippen LogP contribution in [0, 0.1) is 0 Å². The molecule has 0 saturated heterocycles. The number of hydrogen-bond acceptors (Lipinski definition) is 4. The lowest BCUT2D eigenvalue weighted by Gasteiger charge is -2.19. The second kappa shape index (κ2) is 40.5. The Bertz CT molecular complexity index is 655. The van der Waals surface area contributed by atoms with Gasteiger partial charge in [0.15, 0.2) is 0 Å². The fourth-order valence-electron chi connectivity index (χ4n) is 6.46. The van der Waals surface area contributed by atoms with E-state index in [0.29, 0.717) is 26.2 Å². The smallest absolute Gasteiger partial charge is 0.287 e. The van der Waals surface area contributed by atoms with Gasteiger partial charge in [-0.2, -0.15) is 0 Å². The van der Waals surface area contributed by atoms with Crippen LogP contribution in [0.15, 0.2) is 0 Å². The Balaban J connectivity index is 4.17. The molecule has 1 amide bonds. The monoisotopic (exact) mass is 680 g/mol. The second-order valence-corrected chi connectivity index (χ2v) is 14.7. The van der Waals surface area contributed by atoms with Crippen LogP contribution in [0.25, 0.3) is 0 Å². The molecule has 286 valence electrons. The van der Waals surface area contributed by atoms with Gasteiger partial charge in [0.1, 0.15) is 0 Å². The number of carbonyl (C=O) groups excluding carboxylic acids is 2. The molecule has 5 nitrogen and oxygen atoms in total. The van der Waals surface area contributed by atoms with E-state index in [9.17, 15) is 9.59 Å². The zero-order chi connectivity index (χ0) is 35.0. The maximum atomic E-state index is 12.5. The van der Waals surface area contributed by atoms with Gasteiger partial charge in [-0.25, -0.2) is 0 Å². The van der Waals surface area contributed by atoms with Crippen molar-refractivity contribution in [3.63, 3.8) is 0 Å². The van der Waals surface area contributed by atoms with Gasteiger partial charge in [0.2, 0.25) is 5.78 Å². The number of amides is 1. The Morgan fingerprint density at radius 2 is 0.771 bits per heavy atom. The lowest BCUT2D eigenvalue weighted by Crippen LogP contribution is -2.39. The van der Waals surface area contributed by atoms with Gasteiger partial charge >= 0.3 is 0 Å². The average molecular weight is 680 g/mol. The molecule has 0 aromatic carbocycles. The molecule has 0 aliphatic carbocycles. The van der Waals surface area contributed by atoms with E-state index in [1.54, 1.807) is 0 Å². The van der Waals surface area contributed by atoms with Crippen LogP contribution in [-0.4, -0.2) is 44.2 Å². The first kappa shape index (κ1) is 47.1. The van der Waals surface area contributed by atoms with Crippen LogP contribution >= 0.6 is 0 Å². The number of hydrogen-bond donors (Lipinski definition) is 1. The third-order valence-corrected chi connectivity index (χ3v) is 9.80. The highest BCUT2D eigenvalue weighted by atomic mass is 16.5. The quantitative estimate of drug-likeness (QED) is 0.0516. The van der Waals surface area contributed by atoms with Crippen LogP contribution < -0.4 is 5.32 Å². The largest absolute Gasteiger partial charge is 0.379 e. The molecular weight excluding hydrogens is 594 g/mol. The Hall–Kier alpha value is -0.940. The molecule has 0 bridgehead atoms. The molecule has 0 unspecified atom stereocenters. The number of carbonyl (C=O) groups is 2. The number of ether oxygens (including phenoxy) is 2. The van der Waals surface area contributed by atoms with Gasteiger partial charge < -0.3 is 14.8 Å². The summed E-state index contributed by atoms with van der Waals surface area (Å²) in [6, 6.07) is 0. The van der Waals surface area contributed by atoms with Gasteiger partial charge in [0, 0.05) is 26.2 Å². The number of nitrogens with one attached hydrogen (secondary N) is 1. The first-order valence-electron chi connectivity index (χ1n) is 21.7. The minimum atomic E-state index is -0.460. The van der Waals surface area contributed by atoms with E-state index in [2.05, 4.69) is 26.1 Å². The predicted octanol–water partition coefficient (Wildman–Crippen LogP) is 13.0. The van der Waals surface area contributed by atoms with Crippen molar-refractivity contribution < 1.29 is 19.1 Å². The van der Waals surface area contributed by atoms with Gasteiger partial charge in [-0.05, 0) is 19.3 Å². The van der Waals surface area contributed by atoms with Gasteiger partial charge in [0.05, 0.1) is 12.7 Å². The lowest BCUT2D eigenvalue weighted by molar-refractivity contribution is -0.138. The minimum Gasteiger partial charge on any atom is -0.379 e. The summed E-state index contributed by atoms with van der Waals surface area (Å²) in [5.41, 5.74) is 0. The van der Waals surface area contributed by atoms with Crippen LogP contribution in [0.2, 0.25) is 0 Å². The Kier molecular flexibility index (Phi) is 39.7. The maximum absolute atomic E-state index is 12.5. The molecule has 0 spiro atoms. The van der Waals surface area contributed by atoms with Crippen LogP contribution in [0.3, 0.4) is 0 Å². The highest BCUT2D eigenvalue weighted by Gasteiger charge is 2.16. The van der Waals surface area contributed by atoms with E-state index in [4.69, 9.17) is 9.47 Å². The van der Waals surface area contributed by atoms with Gasteiger partial charge in [-0.15, -0.1) is 0 Å². The van der Waals surface area contributed by atoms with Crippen molar-refractivity contribution in [2.75, 3.05) is 26.4 Å². The van der Waals surface area contributed by atoms with E-state index >= 15 is 0 Å². The van der Waals surface area contributed by atoms with E-state index in [0.717, 1.165) is 38.7 Å². The normalized spacial score (nSPS) is 12.1. The second-order valence-electron chi connectivity index (χ2n) is 14.7. The standard InChI is InChI=1S/C43H85NO4/c1-4-7-10-13-16-19-21-23-25-28-31-34-37-47-40-41(48-38-35-32-29-26-24-22-20-17-14-11-8-5-2)39-44-43(46)42(45)36-33-30-27-18-15-12-9-6-3/h41H,4-40H2,1-3H3,(H,44,46)/t41-/m1/s1. The third-order valence-electron chi connectivity index (χ3n) is 9.80. The molecule has 5 heteroatoms. The van der Waals surface area contributed by atoms with Crippen LogP contribution in [0.5, 0.6) is 0 Å². The van der Waals surface area contributed by atoms with Crippen molar-refractivity contribution in [1.29, 1.82) is 0 Å². The fraction of sp³-hybridized carbons (Fsp3) is 0.953. The summed E-state index contributed by atoms with van der Waals surface area (Å²) < 4.78 is 12.2. The van der Waals surface area contributed by atoms with Crippen LogP contribution in [-0.2, 0) is 19.1 Å². The third kappa shape index (κ3) is 36.3. The first-order valence-corrected chi connectivity index (χ1v) is 21.7. The molecule has 0 aliphatic heterocycles. The maximum Gasteiger partial charge on any atom is 0.287 e. The number of ketones is 1. The summed E-state index contributed by atoms with van der Waals surface area (Å²) >= 11 is 0. The molecule has 0 aliphatic rings. The van der Waals surface area contributed by atoms with Crippen LogP contribution in [0.4, 0.5) is 0 Å². The zero-order valence-corrected chi connectivity index (χ0v) is 32.9. The Morgan fingerprint density at radius 3 is 1.17 bits per heavy atom. The summed E-state index contributed by atoms with van der Waals surface area (Å²) in [7, 11) is 0. The number of Topliss-reactive ketones (excluding diaryl/α,β-unsaturated/α-hetero) is 1. The zero-order valence-electron chi connectivity index (χ0n) is 32.9. The Morgan fingerprint density at radius 1 is 0.438 bits per heavy atom. The molecule has 0 radical (unpaired) electrons. The molecule has 48 heavy (non-hydrogen) atoms. The van der Waals surface area contributed by atoms with Crippen molar-refractivity contribution >= 4 is 11.7 Å². The molecule has 1 N–H and O–H groups in total. The van der Waals surface area contributed by atoms with Crippen molar-refractivity contribution in [1.82, 2.24) is 5.32 Å². The molecule has 0 aromatic heterocycles. The van der Waals surface area contributed by atoms with Crippen molar-refractivity contribution in [3.8, 4) is 0 Å². The molecule has 0 fully saturated rings. The summed E-state index contributed by atoms with van der Waals surface area (Å²) in [5.74, 6) is -0.754. The van der Waals surface area contributed by atoms with E-state index in [1.807, 2.05) is 0 Å². The van der Waals surface area contributed by atoms with E-state index in [1.165, 1.54) is 173 Å². The molecule has 0 saturated carbocycles.